The predicted octanol–water partition coefficient (Wildman–Crippen LogP) is 2.78. The number of carboxylic acid groups (broad SMARTS) is 1. The molecule has 1 fully saturated rings. The number of benzene rings is 1. The van der Waals surface area contributed by atoms with Crippen molar-refractivity contribution in [1.29, 1.82) is 0 Å². The summed E-state index contributed by atoms with van der Waals surface area (Å²) >= 11 is 0. The van der Waals surface area contributed by atoms with Crippen LogP contribution in [0.2, 0.25) is 0 Å². The Morgan fingerprint density at radius 3 is 2.62 bits per heavy atom. The quantitative estimate of drug-likeness (QED) is 0.389. The molecule has 0 bridgehead atoms. The zero-order valence-electron chi connectivity index (χ0n) is 17.4. The first kappa shape index (κ1) is 22.9. The Labute approximate surface area is 172 Å². The third-order valence-electron chi connectivity index (χ3n) is 5.62. The van der Waals surface area contributed by atoms with E-state index < -0.39 is 24.3 Å². The van der Waals surface area contributed by atoms with Gasteiger partial charge < -0.3 is 24.9 Å². The molecule has 1 aromatic carbocycles. The number of carbonyl (C=O) groups is 1. The van der Waals surface area contributed by atoms with Gasteiger partial charge in [0.2, 0.25) is 6.04 Å². The van der Waals surface area contributed by atoms with Gasteiger partial charge in [0, 0.05) is 18.8 Å². The molecule has 1 saturated carbocycles. The number of hydrogen-bond acceptors (Lipinski definition) is 4. The van der Waals surface area contributed by atoms with E-state index in [2.05, 4.69) is 16.7 Å². The molecule has 0 heterocycles. The van der Waals surface area contributed by atoms with Gasteiger partial charge in [-0.15, -0.1) is 5.92 Å². The lowest BCUT2D eigenvalue weighted by atomic mass is 9.80. The fraction of sp³-hybridized carbons (Fsp3) is 0.565. The Bertz CT molecular complexity index is 853. The van der Waals surface area contributed by atoms with Crippen LogP contribution in [-0.4, -0.2) is 46.6 Å². The van der Waals surface area contributed by atoms with Crippen LogP contribution >= 0.6 is 0 Å². The molecular weight excluding hydrogens is 370 g/mol. The number of aryl methyl sites for hydroxylation is 1. The Morgan fingerprint density at radius 1 is 1.34 bits per heavy atom. The molecule has 0 aliphatic heterocycles. The van der Waals surface area contributed by atoms with Crippen LogP contribution in [0, 0.1) is 38.2 Å². The maximum absolute atomic E-state index is 10.7. The van der Waals surface area contributed by atoms with Gasteiger partial charge in [0.25, 0.3) is 0 Å². The fourth-order valence-electron chi connectivity index (χ4n) is 4.12. The Kier molecular flexibility index (Phi) is 7.43. The van der Waals surface area contributed by atoms with Gasteiger partial charge >= 0.3 is 5.97 Å². The van der Waals surface area contributed by atoms with Crippen LogP contribution in [0.4, 0.5) is 0 Å². The largest absolute Gasteiger partial charge is 0.480 e. The van der Waals surface area contributed by atoms with Gasteiger partial charge in [-0.2, -0.15) is 0 Å². The lowest BCUT2D eigenvalue weighted by Crippen LogP contribution is -2.22. The molecule has 1 aliphatic carbocycles. The molecule has 6 heteroatoms. The number of carboxylic acids is 1. The molecule has 0 radical (unpaired) electrons. The second-order valence-electron chi connectivity index (χ2n) is 8.20. The highest BCUT2D eigenvalue weighted by Crippen LogP contribution is 2.44. The number of hydrogen-bond donors (Lipinski definition) is 3. The zero-order valence-corrected chi connectivity index (χ0v) is 17.4. The Hall–Kier alpha value is -2.38. The van der Waals surface area contributed by atoms with Crippen LogP contribution in [0.15, 0.2) is 12.1 Å². The molecule has 2 rings (SSSR count). The second-order valence-corrected chi connectivity index (χ2v) is 8.20. The summed E-state index contributed by atoms with van der Waals surface area (Å²) < 4.78 is 4.92. The monoisotopic (exact) mass is 399 g/mol. The van der Waals surface area contributed by atoms with Crippen molar-refractivity contribution in [3.63, 3.8) is 0 Å². The summed E-state index contributed by atoms with van der Waals surface area (Å²) in [4.78, 5) is 14.2. The van der Waals surface area contributed by atoms with Crippen molar-refractivity contribution in [1.82, 2.24) is 0 Å². The highest BCUT2D eigenvalue weighted by atomic mass is 16.5. The summed E-state index contributed by atoms with van der Waals surface area (Å²) in [6, 6.07) is 3.64. The zero-order chi connectivity index (χ0) is 21.8. The average molecular weight is 399 g/mol. The first-order valence-corrected chi connectivity index (χ1v) is 9.70. The Morgan fingerprint density at radius 2 is 2.03 bits per heavy atom. The molecule has 29 heavy (non-hydrogen) atoms. The van der Waals surface area contributed by atoms with E-state index in [0.717, 1.165) is 22.3 Å². The van der Waals surface area contributed by atoms with Gasteiger partial charge in [0.05, 0.1) is 17.6 Å². The van der Waals surface area contributed by atoms with Crippen molar-refractivity contribution >= 4 is 5.97 Å². The van der Waals surface area contributed by atoms with Crippen molar-refractivity contribution in [2.75, 3.05) is 13.2 Å². The van der Waals surface area contributed by atoms with E-state index in [0.29, 0.717) is 12.8 Å². The summed E-state index contributed by atoms with van der Waals surface area (Å²) in [5.74, 6) is 4.34. The van der Waals surface area contributed by atoms with Crippen LogP contribution < -0.4 is 0 Å². The molecule has 1 aromatic rings. The SMILES string of the molecule is [C-]#[N+][C@@H]1C[C@@H](O)C(c2cc(C)c(C)c(C(C)(C)O)c2)C1CC#CCOCC(=O)O. The fourth-order valence-corrected chi connectivity index (χ4v) is 4.12. The summed E-state index contributed by atoms with van der Waals surface area (Å²) in [5.41, 5.74) is 2.77. The second kappa shape index (κ2) is 9.41. The van der Waals surface area contributed by atoms with Crippen molar-refractivity contribution < 1.29 is 24.9 Å². The summed E-state index contributed by atoms with van der Waals surface area (Å²) in [6.45, 7) is 14.6. The predicted molar refractivity (Wildman–Crippen MR) is 109 cm³/mol. The van der Waals surface area contributed by atoms with Gasteiger partial charge in [-0.3, -0.25) is 0 Å². The smallest absolute Gasteiger partial charge is 0.329 e. The minimum Gasteiger partial charge on any atom is -0.480 e. The lowest BCUT2D eigenvalue weighted by molar-refractivity contribution is -0.141. The molecule has 0 aromatic heterocycles. The third-order valence-corrected chi connectivity index (χ3v) is 5.62. The van der Waals surface area contributed by atoms with Gasteiger partial charge in [-0.25, -0.2) is 11.4 Å². The molecule has 1 aliphatic rings. The van der Waals surface area contributed by atoms with E-state index in [-0.39, 0.29) is 24.5 Å². The number of ether oxygens (including phenoxy) is 1. The normalized spacial score (nSPS) is 23.9. The Balaban J connectivity index is 2.30. The molecule has 156 valence electrons. The van der Waals surface area contributed by atoms with Gasteiger partial charge in [0.15, 0.2) is 0 Å². The van der Waals surface area contributed by atoms with Crippen LogP contribution in [0.1, 0.15) is 54.9 Å². The molecular formula is C23H29NO5. The number of rotatable bonds is 6. The van der Waals surface area contributed by atoms with Gasteiger partial charge in [0.1, 0.15) is 13.2 Å². The van der Waals surface area contributed by atoms with E-state index >= 15 is 0 Å². The number of nitrogens with zero attached hydrogens (tertiary/aromatic N) is 1. The van der Waals surface area contributed by atoms with Crippen LogP contribution in [0.3, 0.4) is 0 Å². The molecule has 3 N–H and O–H groups in total. The topological polar surface area (TPSA) is 91.4 Å². The van der Waals surface area contributed by atoms with Crippen molar-refractivity contribution in [3.8, 4) is 11.8 Å². The summed E-state index contributed by atoms with van der Waals surface area (Å²) in [7, 11) is 0. The van der Waals surface area contributed by atoms with Crippen molar-refractivity contribution in [2.45, 2.75) is 64.2 Å². The lowest BCUT2D eigenvalue weighted by Gasteiger charge is -2.27. The molecule has 4 atom stereocenters. The minimum absolute atomic E-state index is 0.0153. The highest BCUT2D eigenvalue weighted by Gasteiger charge is 2.47. The van der Waals surface area contributed by atoms with Crippen LogP contribution in [0.5, 0.6) is 0 Å². The first-order valence-electron chi connectivity index (χ1n) is 9.70. The summed E-state index contributed by atoms with van der Waals surface area (Å²) in [6.07, 6.45) is 0.150. The van der Waals surface area contributed by atoms with E-state index in [1.54, 1.807) is 13.8 Å². The van der Waals surface area contributed by atoms with E-state index in [1.165, 1.54) is 0 Å². The van der Waals surface area contributed by atoms with E-state index in [4.69, 9.17) is 16.4 Å². The number of aliphatic hydroxyl groups excluding tert-OH is 1. The number of aliphatic carboxylic acids is 1. The molecule has 0 spiro atoms. The minimum atomic E-state index is -1.05. The maximum Gasteiger partial charge on any atom is 0.329 e. The molecule has 6 nitrogen and oxygen atoms in total. The number of aliphatic hydroxyl groups is 2. The average Bonchev–Trinajstić information content (AvgIpc) is 2.94. The van der Waals surface area contributed by atoms with Crippen molar-refractivity contribution in [3.05, 3.63) is 45.8 Å². The van der Waals surface area contributed by atoms with Gasteiger partial charge in [-0.1, -0.05) is 18.1 Å². The summed E-state index contributed by atoms with van der Waals surface area (Å²) in [5, 5.41) is 29.9. The van der Waals surface area contributed by atoms with Crippen molar-refractivity contribution in [2.24, 2.45) is 5.92 Å². The standard InChI is InChI=1S/C23H29NO5/c1-14-10-16(11-18(15(14)2)23(3,4)28)22-17(19(24-5)12-20(22)25)8-6-7-9-29-13-21(26)27/h10-11,17,19-20,22,25,28H,8-9,12-13H2,1-4H3,(H,26,27)/t17?,19-,20-,22?/m1/s1. The molecule has 2 unspecified atom stereocenters. The molecule has 0 amide bonds. The molecule has 0 saturated heterocycles. The van der Waals surface area contributed by atoms with E-state index in [9.17, 15) is 15.0 Å². The van der Waals surface area contributed by atoms with Crippen LogP contribution in [-0.2, 0) is 15.1 Å². The van der Waals surface area contributed by atoms with Crippen LogP contribution in [0.25, 0.3) is 4.85 Å². The first-order chi connectivity index (χ1) is 13.6. The van der Waals surface area contributed by atoms with Gasteiger partial charge in [-0.05, 0) is 49.9 Å². The highest BCUT2D eigenvalue weighted by molar-refractivity contribution is 5.68. The third kappa shape index (κ3) is 5.58. The maximum atomic E-state index is 10.7. The van der Waals surface area contributed by atoms with E-state index in [1.807, 2.05) is 26.0 Å².